The molecular formula is C9H10Cl2N4. The van der Waals surface area contributed by atoms with Crippen LogP contribution in [0.15, 0.2) is 30.7 Å². The van der Waals surface area contributed by atoms with Crippen LogP contribution < -0.4 is 5.73 Å². The maximum Gasteiger partial charge on any atom is 0.200 e. The number of hydrogen-bond donors (Lipinski definition) is 1. The van der Waals surface area contributed by atoms with Crippen LogP contribution in [0, 0.1) is 0 Å². The van der Waals surface area contributed by atoms with E-state index in [2.05, 4.69) is 9.97 Å². The smallest absolute Gasteiger partial charge is 0.200 e. The summed E-state index contributed by atoms with van der Waals surface area (Å²) in [6, 6.07) is 3.67. The highest BCUT2D eigenvalue weighted by Gasteiger charge is 1.99. The fourth-order valence-electron chi connectivity index (χ4n) is 1.17. The molecule has 0 bridgehead atoms. The first-order valence-electron chi connectivity index (χ1n) is 4.13. The molecule has 0 saturated heterocycles. The number of nitrogen functional groups attached to an aromatic ring is 1. The number of anilines is 1. The fraction of sp³-hybridized carbons (Fsp3) is 0.111. The largest absolute Gasteiger partial charge is 0.369 e. The number of nitrogens with zero attached hydrogens (tertiary/aromatic N) is 3. The third-order valence-corrected chi connectivity index (χ3v) is 2.11. The van der Waals surface area contributed by atoms with E-state index in [1.807, 2.05) is 16.8 Å². The molecule has 0 aromatic carbocycles. The summed E-state index contributed by atoms with van der Waals surface area (Å²) in [7, 11) is 0. The van der Waals surface area contributed by atoms with Crippen LogP contribution in [0.2, 0.25) is 5.15 Å². The Morgan fingerprint density at radius 2 is 2.13 bits per heavy atom. The molecule has 80 valence electrons. The van der Waals surface area contributed by atoms with Gasteiger partial charge in [0.05, 0.1) is 6.54 Å². The molecule has 4 nitrogen and oxygen atoms in total. The van der Waals surface area contributed by atoms with E-state index in [-0.39, 0.29) is 12.4 Å². The van der Waals surface area contributed by atoms with E-state index < -0.39 is 0 Å². The highest BCUT2D eigenvalue weighted by atomic mass is 35.5. The van der Waals surface area contributed by atoms with E-state index in [9.17, 15) is 0 Å². The van der Waals surface area contributed by atoms with E-state index in [1.165, 1.54) is 0 Å². The van der Waals surface area contributed by atoms with Gasteiger partial charge in [-0.15, -0.1) is 12.4 Å². The van der Waals surface area contributed by atoms with Gasteiger partial charge in [-0.3, -0.25) is 0 Å². The van der Waals surface area contributed by atoms with Crippen LogP contribution in [0.1, 0.15) is 5.56 Å². The number of rotatable bonds is 2. The molecule has 2 aromatic rings. The molecule has 0 aliphatic carbocycles. The van der Waals surface area contributed by atoms with Crippen molar-refractivity contribution < 1.29 is 0 Å². The molecule has 2 rings (SSSR count). The lowest BCUT2D eigenvalue weighted by atomic mass is 10.3. The van der Waals surface area contributed by atoms with Gasteiger partial charge in [-0.25, -0.2) is 9.97 Å². The van der Waals surface area contributed by atoms with E-state index in [4.69, 9.17) is 17.3 Å². The molecule has 0 radical (unpaired) electrons. The second-order valence-corrected chi connectivity index (χ2v) is 3.29. The highest BCUT2D eigenvalue weighted by molar-refractivity contribution is 6.29. The number of pyridine rings is 1. The summed E-state index contributed by atoms with van der Waals surface area (Å²) in [5, 5.41) is 0.493. The number of hydrogen-bond acceptors (Lipinski definition) is 3. The van der Waals surface area contributed by atoms with E-state index in [1.54, 1.807) is 18.5 Å². The van der Waals surface area contributed by atoms with E-state index >= 15 is 0 Å². The van der Waals surface area contributed by atoms with Gasteiger partial charge in [0, 0.05) is 18.6 Å². The van der Waals surface area contributed by atoms with Crippen molar-refractivity contribution in [2.24, 2.45) is 0 Å². The molecule has 2 N–H and O–H groups in total. The maximum absolute atomic E-state index is 5.67. The van der Waals surface area contributed by atoms with Crippen LogP contribution in [-0.4, -0.2) is 14.5 Å². The summed E-state index contributed by atoms with van der Waals surface area (Å²) in [5.41, 5.74) is 6.66. The second kappa shape index (κ2) is 5.00. The minimum atomic E-state index is 0. The van der Waals surface area contributed by atoms with Gasteiger partial charge in [0.15, 0.2) is 5.95 Å². The van der Waals surface area contributed by atoms with Crippen LogP contribution in [0.4, 0.5) is 5.95 Å². The molecule has 0 spiro atoms. The lowest BCUT2D eigenvalue weighted by Crippen LogP contribution is -2.03. The zero-order valence-electron chi connectivity index (χ0n) is 7.80. The van der Waals surface area contributed by atoms with E-state index in [0.29, 0.717) is 17.6 Å². The van der Waals surface area contributed by atoms with Crippen LogP contribution in [0.3, 0.4) is 0 Å². The third kappa shape index (κ3) is 2.84. The predicted octanol–water partition coefficient (Wildman–Crippen LogP) is 1.98. The van der Waals surface area contributed by atoms with Gasteiger partial charge < -0.3 is 10.3 Å². The van der Waals surface area contributed by atoms with Crippen molar-refractivity contribution in [1.82, 2.24) is 14.5 Å². The molecule has 0 saturated carbocycles. The Balaban J connectivity index is 0.00000112. The van der Waals surface area contributed by atoms with Gasteiger partial charge in [0.1, 0.15) is 5.15 Å². The Labute approximate surface area is 98.5 Å². The topological polar surface area (TPSA) is 56.7 Å². The monoisotopic (exact) mass is 244 g/mol. The second-order valence-electron chi connectivity index (χ2n) is 2.90. The van der Waals surface area contributed by atoms with Crippen molar-refractivity contribution in [1.29, 1.82) is 0 Å². The molecule has 2 aromatic heterocycles. The average Bonchev–Trinajstić information content (AvgIpc) is 2.56. The molecule has 0 aliphatic rings. The van der Waals surface area contributed by atoms with Gasteiger partial charge in [0.2, 0.25) is 0 Å². The van der Waals surface area contributed by atoms with Crippen LogP contribution in [-0.2, 0) is 6.54 Å². The number of nitrogens with two attached hydrogens (primary N) is 1. The van der Waals surface area contributed by atoms with Gasteiger partial charge in [-0.05, 0) is 11.6 Å². The zero-order valence-corrected chi connectivity index (χ0v) is 9.37. The van der Waals surface area contributed by atoms with Gasteiger partial charge in [0.25, 0.3) is 0 Å². The summed E-state index contributed by atoms with van der Waals surface area (Å²) in [4.78, 5) is 7.90. The first kappa shape index (κ1) is 11.8. The molecule has 0 aliphatic heterocycles. The molecule has 0 fully saturated rings. The van der Waals surface area contributed by atoms with Crippen molar-refractivity contribution in [3.05, 3.63) is 41.4 Å². The maximum atomic E-state index is 5.67. The predicted molar refractivity (Wildman–Crippen MR) is 62.2 cm³/mol. The van der Waals surface area contributed by atoms with Crippen molar-refractivity contribution in [3.8, 4) is 0 Å². The Kier molecular flexibility index (Phi) is 3.94. The first-order chi connectivity index (χ1) is 6.75. The minimum absolute atomic E-state index is 0. The normalized spacial score (nSPS) is 9.67. The SMILES string of the molecule is Cl.Nc1nccn1Cc1ccc(Cl)nc1. The molecular weight excluding hydrogens is 235 g/mol. The van der Waals surface area contributed by atoms with Crippen molar-refractivity contribution in [2.45, 2.75) is 6.54 Å². The highest BCUT2D eigenvalue weighted by Crippen LogP contribution is 2.08. The minimum Gasteiger partial charge on any atom is -0.369 e. The van der Waals surface area contributed by atoms with Gasteiger partial charge in [-0.2, -0.15) is 0 Å². The zero-order chi connectivity index (χ0) is 9.97. The summed E-state index contributed by atoms with van der Waals surface area (Å²) in [6.07, 6.45) is 5.21. The third-order valence-electron chi connectivity index (χ3n) is 1.89. The molecule has 15 heavy (non-hydrogen) atoms. The summed E-state index contributed by atoms with van der Waals surface area (Å²) in [5.74, 6) is 0.500. The van der Waals surface area contributed by atoms with Crippen LogP contribution in [0.25, 0.3) is 0 Å². The van der Waals surface area contributed by atoms with Crippen molar-refractivity contribution in [3.63, 3.8) is 0 Å². The lowest BCUT2D eigenvalue weighted by molar-refractivity contribution is 0.806. The molecule has 0 amide bonds. The quantitative estimate of drug-likeness (QED) is 0.823. The van der Waals surface area contributed by atoms with Gasteiger partial charge >= 0.3 is 0 Å². The Morgan fingerprint density at radius 3 is 2.67 bits per heavy atom. The van der Waals surface area contributed by atoms with Gasteiger partial charge in [-0.1, -0.05) is 17.7 Å². The van der Waals surface area contributed by atoms with Crippen LogP contribution in [0.5, 0.6) is 0 Å². The van der Waals surface area contributed by atoms with Crippen molar-refractivity contribution in [2.75, 3.05) is 5.73 Å². The summed E-state index contributed by atoms with van der Waals surface area (Å²) in [6.45, 7) is 0.663. The molecule has 0 atom stereocenters. The number of halogens is 2. The molecule has 2 heterocycles. The molecule has 0 unspecified atom stereocenters. The van der Waals surface area contributed by atoms with Crippen LogP contribution >= 0.6 is 24.0 Å². The Hall–Kier alpha value is -1.26. The summed E-state index contributed by atoms with van der Waals surface area (Å²) < 4.78 is 1.84. The number of imidazole rings is 1. The first-order valence-corrected chi connectivity index (χ1v) is 4.50. The number of aromatic nitrogens is 3. The summed E-state index contributed by atoms with van der Waals surface area (Å²) >= 11 is 5.67. The lowest BCUT2D eigenvalue weighted by Gasteiger charge is -2.03. The average molecular weight is 245 g/mol. The Bertz CT molecular complexity index is 424. The standard InChI is InChI=1S/C9H9ClN4.ClH/c10-8-2-1-7(5-13-8)6-14-4-3-12-9(14)11;/h1-5H,6H2,(H2,11,12);1H. The Morgan fingerprint density at radius 1 is 1.33 bits per heavy atom. The molecule has 6 heteroatoms. The fourth-order valence-corrected chi connectivity index (χ4v) is 1.28. The van der Waals surface area contributed by atoms with Crippen molar-refractivity contribution >= 4 is 30.0 Å². The van der Waals surface area contributed by atoms with E-state index in [0.717, 1.165) is 5.56 Å².